The van der Waals surface area contributed by atoms with Crippen molar-refractivity contribution >= 4 is 35.8 Å². The molecule has 230 valence electrons. The minimum absolute atomic E-state index is 0.0134. The van der Waals surface area contributed by atoms with E-state index in [1.165, 1.54) is 6.34 Å². The predicted octanol–water partition coefficient (Wildman–Crippen LogP) is 4.52. The Hall–Kier alpha value is -3.31. The second-order valence-corrected chi connectivity index (χ2v) is 11.7. The van der Waals surface area contributed by atoms with Gasteiger partial charge in [-0.3, -0.25) is 4.79 Å². The smallest absolute Gasteiger partial charge is 0.319 e. The minimum atomic E-state index is -0.334. The van der Waals surface area contributed by atoms with Crippen LogP contribution in [0.4, 0.5) is 4.79 Å². The third kappa shape index (κ3) is 8.84. The molecule has 11 nitrogen and oxygen atoms in total. The number of methoxy groups -OCH3 is 1. The molecular weight excluding hydrogens is 562 g/mol. The normalized spacial score (nSPS) is 22.9. The van der Waals surface area contributed by atoms with Gasteiger partial charge in [0.1, 0.15) is 18.2 Å². The molecule has 12 heteroatoms. The summed E-state index contributed by atoms with van der Waals surface area (Å²) >= 11 is 6.40. The zero-order valence-electron chi connectivity index (χ0n) is 24.9. The number of urea groups is 1. The van der Waals surface area contributed by atoms with Gasteiger partial charge >= 0.3 is 6.03 Å². The average molecular weight is 604 g/mol. The van der Waals surface area contributed by atoms with E-state index in [-0.39, 0.29) is 24.1 Å². The molecule has 0 radical (unpaired) electrons. The highest BCUT2D eigenvalue weighted by Crippen LogP contribution is 2.38. The Balaban J connectivity index is 1.23. The molecule has 0 bridgehead atoms. The van der Waals surface area contributed by atoms with Crippen LogP contribution in [0.3, 0.4) is 0 Å². The molecule has 4 rings (SSSR count). The number of hydrogen-bond donors (Lipinski definition) is 2. The predicted molar refractivity (Wildman–Crippen MR) is 161 cm³/mol. The summed E-state index contributed by atoms with van der Waals surface area (Å²) < 4.78 is 22.9. The summed E-state index contributed by atoms with van der Waals surface area (Å²) in [6.45, 7) is 9.23. The van der Waals surface area contributed by atoms with Gasteiger partial charge in [0.15, 0.2) is 11.7 Å². The maximum absolute atomic E-state index is 12.7. The molecule has 3 amide bonds. The zero-order valence-corrected chi connectivity index (χ0v) is 25.7. The number of halogens is 1. The van der Waals surface area contributed by atoms with Crippen LogP contribution in [0.2, 0.25) is 0 Å². The number of piperidine rings is 1. The number of allylic oxidation sites excluding steroid dienone is 3. The number of aliphatic imine (C=N–C) groups is 2. The monoisotopic (exact) mass is 603 g/mol. The lowest BCUT2D eigenvalue weighted by Gasteiger charge is -2.47. The fourth-order valence-electron chi connectivity index (χ4n) is 4.99. The first kappa shape index (κ1) is 31.6. The van der Waals surface area contributed by atoms with E-state index < -0.39 is 0 Å². The minimum Gasteiger partial charge on any atom is -0.498 e. The molecule has 4 aliphatic rings. The molecule has 42 heavy (non-hydrogen) atoms. The summed E-state index contributed by atoms with van der Waals surface area (Å²) in [5.74, 6) is 1.80. The van der Waals surface area contributed by atoms with E-state index in [1.807, 2.05) is 31.7 Å². The van der Waals surface area contributed by atoms with Crippen LogP contribution in [0, 0.1) is 5.41 Å². The van der Waals surface area contributed by atoms with Gasteiger partial charge in [-0.1, -0.05) is 17.7 Å². The van der Waals surface area contributed by atoms with Gasteiger partial charge in [0.2, 0.25) is 5.91 Å². The van der Waals surface area contributed by atoms with Gasteiger partial charge in [0, 0.05) is 43.5 Å². The topological polar surface area (TPSA) is 123 Å². The summed E-state index contributed by atoms with van der Waals surface area (Å²) in [7, 11) is 1.58. The molecule has 3 aliphatic heterocycles. The van der Waals surface area contributed by atoms with Gasteiger partial charge in [-0.05, 0) is 46.1 Å². The van der Waals surface area contributed by atoms with Crippen molar-refractivity contribution in [3.8, 4) is 0 Å². The Morgan fingerprint density at radius 3 is 2.69 bits per heavy atom. The number of ether oxygens (including phenoxy) is 4. The van der Waals surface area contributed by atoms with Gasteiger partial charge in [-0.2, -0.15) is 0 Å². The van der Waals surface area contributed by atoms with Crippen LogP contribution in [0.5, 0.6) is 0 Å². The van der Waals surface area contributed by atoms with E-state index >= 15 is 0 Å². The van der Waals surface area contributed by atoms with Crippen molar-refractivity contribution in [3.05, 3.63) is 46.2 Å². The van der Waals surface area contributed by atoms with Crippen molar-refractivity contribution in [2.45, 2.75) is 71.4 Å². The quantitative estimate of drug-likeness (QED) is 0.280. The Bertz CT molecular complexity index is 1190. The molecule has 0 aromatic heterocycles. The van der Waals surface area contributed by atoms with Gasteiger partial charge in [-0.25, -0.2) is 14.8 Å². The highest BCUT2D eigenvalue weighted by Gasteiger charge is 2.41. The van der Waals surface area contributed by atoms with Crippen LogP contribution in [0.15, 0.2) is 56.2 Å². The van der Waals surface area contributed by atoms with Gasteiger partial charge in [-0.15, -0.1) is 0 Å². The Morgan fingerprint density at radius 2 is 2.05 bits per heavy atom. The fraction of sp³-hybridized carbons (Fsp3) is 0.600. The van der Waals surface area contributed by atoms with Crippen LogP contribution in [-0.4, -0.2) is 81.2 Å². The number of amides is 3. The maximum atomic E-state index is 12.7. The second kappa shape index (κ2) is 14.7. The number of likely N-dealkylation sites (tertiary alicyclic amines) is 1. The van der Waals surface area contributed by atoms with Gasteiger partial charge in [0.25, 0.3) is 0 Å². The zero-order chi connectivity index (χ0) is 30.1. The standard InChI is InChI=1S/C30H42ClN5O6/c1-20(2)34-29(38)35-25-8-7-23(16-24(25)31)42-27-15-22(32-19-33-27)14-26(21(3)39-4)41-13-5-6-28(37)36-11-9-30(10-12-36)17-40-18-30/h8,14,16,19-20,23H,5-7,9-13,15,17-18H2,1-4H3,(H2,34,35,38). The first-order valence-corrected chi connectivity index (χ1v) is 14.9. The van der Waals surface area contributed by atoms with E-state index in [4.69, 9.17) is 30.5 Å². The fourth-order valence-corrected chi connectivity index (χ4v) is 5.25. The molecule has 3 heterocycles. The summed E-state index contributed by atoms with van der Waals surface area (Å²) in [4.78, 5) is 35.3. The SMILES string of the molecule is COC(C)=C(C=C1CC(OC2C=C(Cl)C(NC(=O)NC(C)C)=CC2)=NC=N1)OCCCC(=O)N1CCC2(CC1)COC2. The summed E-state index contributed by atoms with van der Waals surface area (Å²) in [6, 6.07) is -0.298. The van der Waals surface area contributed by atoms with E-state index in [2.05, 4.69) is 20.6 Å². The molecule has 0 aromatic rings. The van der Waals surface area contributed by atoms with Crippen molar-refractivity contribution in [1.29, 1.82) is 0 Å². The molecule has 2 saturated heterocycles. The van der Waals surface area contributed by atoms with E-state index in [9.17, 15) is 9.59 Å². The van der Waals surface area contributed by atoms with Crippen molar-refractivity contribution in [2.75, 3.05) is 40.0 Å². The van der Waals surface area contributed by atoms with Crippen molar-refractivity contribution in [1.82, 2.24) is 15.5 Å². The van der Waals surface area contributed by atoms with Crippen LogP contribution in [-0.2, 0) is 23.7 Å². The Labute approximate surface area is 252 Å². The maximum Gasteiger partial charge on any atom is 0.319 e. The number of hydrogen-bond acceptors (Lipinski definition) is 8. The largest absolute Gasteiger partial charge is 0.498 e. The molecule has 1 aliphatic carbocycles. The molecule has 0 aromatic carbocycles. The lowest BCUT2D eigenvalue weighted by atomic mass is 9.77. The Kier molecular flexibility index (Phi) is 11.1. The lowest BCUT2D eigenvalue weighted by molar-refractivity contribution is -0.153. The van der Waals surface area contributed by atoms with Crippen molar-refractivity contribution < 1.29 is 28.5 Å². The van der Waals surface area contributed by atoms with Gasteiger partial charge < -0.3 is 34.5 Å². The highest BCUT2D eigenvalue weighted by atomic mass is 35.5. The molecule has 1 unspecified atom stereocenters. The molecule has 2 fully saturated rings. The van der Waals surface area contributed by atoms with E-state index in [1.54, 1.807) is 19.3 Å². The van der Waals surface area contributed by atoms with Crippen LogP contribution >= 0.6 is 11.6 Å². The summed E-state index contributed by atoms with van der Waals surface area (Å²) in [5, 5.41) is 5.93. The number of nitrogens with one attached hydrogen (secondary N) is 2. The van der Waals surface area contributed by atoms with Crippen molar-refractivity contribution in [3.63, 3.8) is 0 Å². The van der Waals surface area contributed by atoms with E-state index in [0.717, 1.165) is 39.1 Å². The third-order valence-electron chi connectivity index (χ3n) is 7.59. The summed E-state index contributed by atoms with van der Waals surface area (Å²) in [6.07, 6.45) is 10.4. The van der Waals surface area contributed by atoms with Crippen LogP contribution < -0.4 is 10.6 Å². The van der Waals surface area contributed by atoms with E-state index in [0.29, 0.717) is 71.5 Å². The molecule has 2 N–H and O–H groups in total. The number of rotatable bonds is 10. The highest BCUT2D eigenvalue weighted by molar-refractivity contribution is 6.32. The van der Waals surface area contributed by atoms with Crippen LogP contribution in [0.25, 0.3) is 0 Å². The first-order chi connectivity index (χ1) is 20.2. The number of carbonyl (C=O) groups excluding carboxylic acids is 2. The van der Waals surface area contributed by atoms with Crippen LogP contribution in [0.1, 0.15) is 59.3 Å². The first-order valence-electron chi connectivity index (χ1n) is 14.5. The number of nitrogens with zero attached hydrogens (tertiary/aromatic N) is 3. The average Bonchev–Trinajstić information content (AvgIpc) is 2.94. The third-order valence-corrected chi connectivity index (χ3v) is 7.92. The molecule has 1 atom stereocenters. The summed E-state index contributed by atoms with van der Waals surface area (Å²) in [5.41, 5.74) is 1.55. The second-order valence-electron chi connectivity index (χ2n) is 11.3. The molecule has 1 spiro atoms. The molecule has 0 saturated carbocycles. The van der Waals surface area contributed by atoms with Crippen molar-refractivity contribution in [2.24, 2.45) is 15.4 Å². The lowest BCUT2D eigenvalue weighted by Crippen LogP contribution is -2.52. The van der Waals surface area contributed by atoms with Gasteiger partial charge in [0.05, 0.1) is 49.8 Å². The number of carbonyl (C=O) groups is 2. The molecular formula is C30H42ClN5O6. The Morgan fingerprint density at radius 1 is 1.29 bits per heavy atom.